The number of carbonyl (C=O) groups is 1. The number of ether oxygens (including phenoxy) is 3. The number of hydrogen-bond acceptors (Lipinski definition) is 4. The van der Waals surface area contributed by atoms with Gasteiger partial charge in [0.2, 0.25) is 5.82 Å². The Morgan fingerprint density at radius 2 is 1.40 bits per heavy atom. The maximum atomic E-state index is 15.0. The smallest absolute Gasteiger partial charge is 0.306 e. The van der Waals surface area contributed by atoms with Crippen molar-refractivity contribution in [1.82, 2.24) is 0 Å². The predicted octanol–water partition coefficient (Wildman–Crippen LogP) is 16.8. The lowest BCUT2D eigenvalue weighted by atomic mass is 9.47. The molecule has 0 saturated heterocycles. The number of hydrogen-bond donors (Lipinski definition) is 0. The lowest BCUT2D eigenvalue weighted by Crippen LogP contribution is -2.51. The molecule has 0 bridgehead atoms. The van der Waals surface area contributed by atoms with E-state index in [0.29, 0.717) is 36.4 Å². The molecule has 0 aliphatic heterocycles. The van der Waals surface area contributed by atoms with E-state index in [2.05, 4.69) is 47.6 Å². The number of halogens is 2. The average Bonchev–Trinajstić information content (AvgIpc) is 3.63. The Bertz CT molecular complexity index is 1740. The van der Waals surface area contributed by atoms with Crippen molar-refractivity contribution in [2.75, 3.05) is 13.2 Å². The first-order valence-corrected chi connectivity index (χ1v) is 26.2. The van der Waals surface area contributed by atoms with E-state index >= 15 is 4.39 Å². The number of allylic oxidation sites excluding steroid dienone is 1. The first-order valence-electron chi connectivity index (χ1n) is 26.2. The molecule has 6 rings (SSSR count). The zero-order valence-electron chi connectivity index (χ0n) is 40.6. The minimum Gasteiger partial charge on any atom is -0.494 e. The standard InChI is InChI=1S/C57H86F2O4/c1-7-8-9-10-11-12-15-19-39-62-52-33-30-47(54(58)55(52)59)43-24-27-45(28-25-43)61-38-18-16-13-14-17-23-53(60)63-46-34-36-56(5)44(40-46)26-29-48-50-32-31-49(42(4)22-20-21-41(2)3)57(50,6)37-35-51(48)56/h24-28,30,33,41-42,46,48-51H,7-23,29,31-32,34-40H2,1-6H3/t42-,46+,48+,49-,50+,51+,56+,57-/m1/s1. The van der Waals surface area contributed by atoms with Gasteiger partial charge >= 0.3 is 5.97 Å². The molecule has 6 heteroatoms. The van der Waals surface area contributed by atoms with Crippen LogP contribution >= 0.6 is 0 Å². The summed E-state index contributed by atoms with van der Waals surface area (Å²) in [7, 11) is 0. The molecule has 0 amide bonds. The van der Waals surface area contributed by atoms with Crippen LogP contribution in [0.3, 0.4) is 0 Å². The summed E-state index contributed by atoms with van der Waals surface area (Å²) in [5.74, 6) is 3.87. The molecule has 3 fully saturated rings. The molecular formula is C57H86F2O4. The Labute approximate surface area is 382 Å². The summed E-state index contributed by atoms with van der Waals surface area (Å²) < 4.78 is 47.6. The molecule has 4 aliphatic carbocycles. The summed E-state index contributed by atoms with van der Waals surface area (Å²) in [5.41, 5.74) is 3.19. The van der Waals surface area contributed by atoms with Gasteiger partial charge in [-0.1, -0.05) is 149 Å². The quantitative estimate of drug-likeness (QED) is 0.0537. The van der Waals surface area contributed by atoms with Crippen LogP contribution in [0.15, 0.2) is 48.0 Å². The first-order chi connectivity index (χ1) is 30.4. The molecule has 4 aliphatic rings. The van der Waals surface area contributed by atoms with Gasteiger partial charge < -0.3 is 14.2 Å². The molecule has 3 saturated carbocycles. The van der Waals surface area contributed by atoms with Crippen LogP contribution in [0.5, 0.6) is 11.5 Å². The van der Waals surface area contributed by atoms with Crippen LogP contribution in [-0.2, 0) is 9.53 Å². The SMILES string of the molecule is CCCCCCCCCCOc1ccc(-c2ccc(OCCCCCCCC(=O)O[C@H]3CC[C@@]4(C)C(=CC[C@H]5[C@@H]6CC[C@H]([C@H](C)CCCC(C)C)[C@@]6(C)CC[C@@H]54)C3)cc2)c(F)c1F. The molecule has 0 spiro atoms. The van der Waals surface area contributed by atoms with Crippen LogP contribution < -0.4 is 9.47 Å². The summed E-state index contributed by atoms with van der Waals surface area (Å²) in [6.07, 6.45) is 31.5. The highest BCUT2D eigenvalue weighted by atomic mass is 19.2. The highest BCUT2D eigenvalue weighted by Gasteiger charge is 2.59. The molecule has 0 aromatic heterocycles. The monoisotopic (exact) mass is 873 g/mol. The third-order valence-corrected chi connectivity index (χ3v) is 16.8. The lowest BCUT2D eigenvalue weighted by Gasteiger charge is -2.58. The summed E-state index contributed by atoms with van der Waals surface area (Å²) in [4.78, 5) is 13.0. The molecule has 0 unspecified atom stereocenters. The topological polar surface area (TPSA) is 44.8 Å². The van der Waals surface area contributed by atoms with Gasteiger partial charge in [-0.3, -0.25) is 4.79 Å². The third kappa shape index (κ3) is 12.9. The minimum atomic E-state index is -0.934. The second-order valence-corrected chi connectivity index (χ2v) is 21.6. The highest BCUT2D eigenvalue weighted by molar-refractivity contribution is 5.69. The number of unbranched alkanes of at least 4 members (excludes halogenated alkanes) is 11. The van der Waals surface area contributed by atoms with Crippen molar-refractivity contribution in [3.05, 3.63) is 59.7 Å². The normalized spacial score (nSPS) is 27.0. The Kier molecular flexibility index (Phi) is 18.9. The fraction of sp³-hybridized carbons (Fsp3) is 0.737. The molecule has 0 N–H and O–H groups in total. The van der Waals surface area contributed by atoms with Crippen molar-refractivity contribution in [2.45, 2.75) is 208 Å². The fourth-order valence-electron chi connectivity index (χ4n) is 13.1. The number of fused-ring (bicyclic) bond motifs is 5. The fourth-order valence-corrected chi connectivity index (χ4v) is 13.1. The van der Waals surface area contributed by atoms with Crippen LogP contribution in [0, 0.1) is 58.0 Å². The van der Waals surface area contributed by atoms with E-state index < -0.39 is 11.6 Å². The minimum absolute atomic E-state index is 0.0263. The van der Waals surface area contributed by atoms with Crippen molar-refractivity contribution in [3.63, 3.8) is 0 Å². The van der Waals surface area contributed by atoms with E-state index in [4.69, 9.17) is 14.2 Å². The van der Waals surface area contributed by atoms with Gasteiger partial charge in [-0.15, -0.1) is 0 Å². The summed E-state index contributed by atoms with van der Waals surface area (Å²) >= 11 is 0. The zero-order chi connectivity index (χ0) is 44.8. The van der Waals surface area contributed by atoms with Crippen molar-refractivity contribution in [3.8, 4) is 22.6 Å². The number of carbonyl (C=O) groups excluding carboxylic acids is 1. The molecule has 4 nitrogen and oxygen atoms in total. The highest BCUT2D eigenvalue weighted by Crippen LogP contribution is 2.67. The largest absolute Gasteiger partial charge is 0.494 e. The van der Waals surface area contributed by atoms with Gasteiger partial charge in [0.05, 0.1) is 13.2 Å². The summed E-state index contributed by atoms with van der Waals surface area (Å²) in [6, 6.07) is 10.3. The van der Waals surface area contributed by atoms with Crippen molar-refractivity contribution >= 4 is 5.97 Å². The number of rotatable bonds is 26. The van der Waals surface area contributed by atoms with Crippen LogP contribution in [0.25, 0.3) is 11.1 Å². The Morgan fingerprint density at radius 1 is 0.714 bits per heavy atom. The Balaban J connectivity index is 0.832. The second kappa shape index (κ2) is 24.0. The van der Waals surface area contributed by atoms with Crippen molar-refractivity contribution < 1.29 is 27.8 Å². The van der Waals surface area contributed by atoms with Gasteiger partial charge in [0.25, 0.3) is 0 Å². The molecule has 63 heavy (non-hydrogen) atoms. The van der Waals surface area contributed by atoms with Crippen LogP contribution in [0.1, 0.15) is 202 Å². The maximum Gasteiger partial charge on any atom is 0.306 e. The first kappa shape index (κ1) is 49.5. The molecule has 2 aromatic rings. The molecule has 352 valence electrons. The molecule has 0 heterocycles. The molecule has 8 atom stereocenters. The lowest BCUT2D eigenvalue weighted by molar-refractivity contribution is -0.151. The van der Waals surface area contributed by atoms with Gasteiger partial charge in [0.1, 0.15) is 11.9 Å². The van der Waals surface area contributed by atoms with Crippen molar-refractivity contribution in [2.24, 2.45) is 46.3 Å². The predicted molar refractivity (Wildman–Crippen MR) is 256 cm³/mol. The number of benzene rings is 2. The Morgan fingerprint density at radius 3 is 2.11 bits per heavy atom. The molecule has 2 aromatic carbocycles. The zero-order valence-corrected chi connectivity index (χ0v) is 40.6. The van der Waals surface area contributed by atoms with E-state index in [9.17, 15) is 9.18 Å². The van der Waals surface area contributed by atoms with Gasteiger partial charge in [0, 0.05) is 18.4 Å². The van der Waals surface area contributed by atoms with E-state index in [1.54, 1.807) is 23.8 Å². The van der Waals surface area contributed by atoms with Crippen LogP contribution in [0.4, 0.5) is 8.78 Å². The van der Waals surface area contributed by atoms with E-state index in [0.717, 1.165) is 106 Å². The summed E-state index contributed by atoms with van der Waals surface area (Å²) in [6.45, 7) is 15.8. The number of esters is 1. The third-order valence-electron chi connectivity index (χ3n) is 16.8. The summed E-state index contributed by atoms with van der Waals surface area (Å²) in [5, 5.41) is 0. The molecular weight excluding hydrogens is 787 g/mol. The second-order valence-electron chi connectivity index (χ2n) is 21.6. The van der Waals surface area contributed by atoms with Crippen LogP contribution in [0.2, 0.25) is 0 Å². The average molecular weight is 873 g/mol. The van der Waals surface area contributed by atoms with E-state index in [-0.39, 0.29) is 28.8 Å². The van der Waals surface area contributed by atoms with Crippen molar-refractivity contribution in [1.29, 1.82) is 0 Å². The van der Waals surface area contributed by atoms with Crippen LogP contribution in [-0.4, -0.2) is 25.3 Å². The van der Waals surface area contributed by atoms with Gasteiger partial charge in [-0.25, -0.2) is 4.39 Å². The Hall–Kier alpha value is -2.89. The van der Waals surface area contributed by atoms with E-state index in [1.807, 2.05) is 12.1 Å². The van der Waals surface area contributed by atoms with Gasteiger partial charge in [-0.2, -0.15) is 4.39 Å². The van der Waals surface area contributed by atoms with E-state index in [1.165, 1.54) is 89.5 Å². The van der Waals surface area contributed by atoms with Gasteiger partial charge in [-0.05, 0) is 140 Å². The maximum absolute atomic E-state index is 15.0. The molecule has 0 radical (unpaired) electrons. The van der Waals surface area contributed by atoms with Gasteiger partial charge in [0.15, 0.2) is 11.6 Å².